The molecule has 0 nitrogen and oxygen atoms in total. The highest BCUT2D eigenvalue weighted by molar-refractivity contribution is 7.09. The van der Waals surface area contributed by atoms with E-state index in [1.165, 1.54) is 17.7 Å². The van der Waals surface area contributed by atoms with Crippen molar-refractivity contribution in [3.63, 3.8) is 0 Å². The van der Waals surface area contributed by atoms with Crippen molar-refractivity contribution in [2.75, 3.05) is 0 Å². The van der Waals surface area contributed by atoms with Gasteiger partial charge >= 0.3 is 0 Å². The average Bonchev–Trinajstić information content (AvgIpc) is 2.56. The highest BCUT2D eigenvalue weighted by atomic mass is 32.1. The van der Waals surface area contributed by atoms with E-state index in [1.807, 2.05) is 11.3 Å². The van der Waals surface area contributed by atoms with E-state index in [9.17, 15) is 0 Å². The van der Waals surface area contributed by atoms with Crippen molar-refractivity contribution in [2.24, 2.45) is 5.92 Å². The Labute approximate surface area is 79.9 Å². The lowest BCUT2D eigenvalue weighted by molar-refractivity contribution is 0.590. The summed E-state index contributed by atoms with van der Waals surface area (Å²) in [4.78, 5) is 1.52. The van der Waals surface area contributed by atoms with Gasteiger partial charge in [0.05, 0.1) is 0 Å². The van der Waals surface area contributed by atoms with E-state index in [-0.39, 0.29) is 0 Å². The third-order valence-electron chi connectivity index (χ3n) is 1.55. The molecule has 0 radical (unpaired) electrons. The van der Waals surface area contributed by atoms with Crippen LogP contribution in [0.25, 0.3) is 0 Å². The lowest BCUT2D eigenvalue weighted by atomic mass is 10.1. The Morgan fingerprint density at radius 3 is 2.50 bits per heavy atom. The van der Waals surface area contributed by atoms with E-state index in [4.69, 9.17) is 0 Å². The topological polar surface area (TPSA) is 0 Å². The lowest BCUT2D eigenvalue weighted by Gasteiger charge is -2.00. The third-order valence-corrected chi connectivity index (χ3v) is 2.48. The number of aryl methyl sites for hydroxylation is 1. The molecule has 12 heavy (non-hydrogen) atoms. The van der Waals surface area contributed by atoms with Crippen molar-refractivity contribution in [1.82, 2.24) is 0 Å². The molecule has 0 N–H and O–H groups in total. The van der Waals surface area contributed by atoms with Gasteiger partial charge in [0, 0.05) is 4.88 Å². The molecule has 0 bridgehead atoms. The Morgan fingerprint density at radius 1 is 1.42 bits per heavy atom. The minimum absolute atomic E-state index is 0.835. The molecule has 0 spiro atoms. The molecule has 0 aliphatic rings. The molecule has 0 aliphatic carbocycles. The summed E-state index contributed by atoms with van der Waals surface area (Å²) in [5.74, 6) is 0.835. The molecule has 1 aromatic heterocycles. The van der Waals surface area contributed by atoms with Gasteiger partial charge in [-0.05, 0) is 30.2 Å². The molecule has 0 aliphatic heterocycles. The quantitative estimate of drug-likeness (QED) is 0.616. The maximum atomic E-state index is 3.00. The normalized spacial score (nSPS) is 9.25. The fourth-order valence-corrected chi connectivity index (χ4v) is 1.61. The Bertz CT molecular complexity index is 175. The standard InChI is InChI=1S/C9H14S.C2H4/c1-8(2)5-6-9-4-3-7-10-9;1-2/h3-4,7-8H,5-6H2,1-2H3;1-2H2. The van der Waals surface area contributed by atoms with Crippen LogP contribution in [0.15, 0.2) is 30.7 Å². The second-order valence-corrected chi connectivity index (χ2v) is 4.04. The first-order chi connectivity index (χ1) is 5.79. The molecular formula is C11H18S. The molecule has 1 aromatic rings. The van der Waals surface area contributed by atoms with E-state index < -0.39 is 0 Å². The molecule has 0 aromatic carbocycles. The van der Waals surface area contributed by atoms with Crippen molar-refractivity contribution >= 4 is 11.3 Å². The first-order valence-electron chi connectivity index (χ1n) is 4.31. The summed E-state index contributed by atoms with van der Waals surface area (Å²) < 4.78 is 0. The van der Waals surface area contributed by atoms with Crippen LogP contribution >= 0.6 is 11.3 Å². The monoisotopic (exact) mass is 182 g/mol. The van der Waals surface area contributed by atoms with E-state index in [1.54, 1.807) is 0 Å². The van der Waals surface area contributed by atoms with Crippen molar-refractivity contribution in [3.05, 3.63) is 35.5 Å². The smallest absolute Gasteiger partial charge is 0.00453 e. The highest BCUT2D eigenvalue weighted by Crippen LogP contribution is 2.13. The summed E-state index contributed by atoms with van der Waals surface area (Å²) in [7, 11) is 0. The van der Waals surface area contributed by atoms with Crippen LogP contribution in [0, 0.1) is 5.92 Å². The van der Waals surface area contributed by atoms with Gasteiger partial charge in [0.1, 0.15) is 0 Å². The zero-order valence-corrected chi connectivity index (χ0v) is 8.86. The van der Waals surface area contributed by atoms with Crippen molar-refractivity contribution < 1.29 is 0 Å². The first kappa shape index (κ1) is 11.4. The molecule has 1 heteroatoms. The SMILES string of the molecule is C=C.CC(C)CCc1cccs1. The molecule has 0 atom stereocenters. The maximum absolute atomic E-state index is 3.00. The Balaban J connectivity index is 0.000000561. The Kier molecular flexibility index (Phi) is 6.78. The highest BCUT2D eigenvalue weighted by Gasteiger charge is 1.95. The van der Waals surface area contributed by atoms with Gasteiger partial charge in [-0.3, -0.25) is 0 Å². The number of rotatable bonds is 3. The van der Waals surface area contributed by atoms with Gasteiger partial charge < -0.3 is 0 Å². The summed E-state index contributed by atoms with van der Waals surface area (Å²) in [6.45, 7) is 10.5. The average molecular weight is 182 g/mol. The first-order valence-corrected chi connectivity index (χ1v) is 5.19. The molecule has 68 valence electrons. The van der Waals surface area contributed by atoms with Gasteiger partial charge in [-0.1, -0.05) is 19.9 Å². The van der Waals surface area contributed by atoms with Crippen molar-refractivity contribution in [3.8, 4) is 0 Å². The largest absolute Gasteiger partial charge is 0.149 e. The van der Waals surface area contributed by atoms with Crippen LogP contribution in [0.1, 0.15) is 25.1 Å². The van der Waals surface area contributed by atoms with E-state index in [0.29, 0.717) is 0 Å². The minimum Gasteiger partial charge on any atom is -0.149 e. The van der Waals surface area contributed by atoms with E-state index in [0.717, 1.165) is 5.92 Å². The van der Waals surface area contributed by atoms with Gasteiger partial charge in [-0.25, -0.2) is 0 Å². The van der Waals surface area contributed by atoms with Crippen LogP contribution in [0.5, 0.6) is 0 Å². The predicted molar refractivity (Wildman–Crippen MR) is 58.7 cm³/mol. The third kappa shape index (κ3) is 5.14. The van der Waals surface area contributed by atoms with Gasteiger partial charge in [0.15, 0.2) is 0 Å². The van der Waals surface area contributed by atoms with E-state index in [2.05, 4.69) is 44.5 Å². The summed E-state index contributed by atoms with van der Waals surface area (Å²) >= 11 is 1.86. The second-order valence-electron chi connectivity index (χ2n) is 3.01. The Morgan fingerprint density at radius 2 is 2.08 bits per heavy atom. The van der Waals surface area contributed by atoms with Crippen LogP contribution < -0.4 is 0 Å². The van der Waals surface area contributed by atoms with E-state index >= 15 is 0 Å². The van der Waals surface area contributed by atoms with Gasteiger partial charge in [0.2, 0.25) is 0 Å². The van der Waals surface area contributed by atoms with Crippen LogP contribution in [0.4, 0.5) is 0 Å². The summed E-state index contributed by atoms with van der Waals surface area (Å²) in [6.07, 6.45) is 2.58. The van der Waals surface area contributed by atoms with Crippen LogP contribution in [0.2, 0.25) is 0 Å². The molecule has 0 fully saturated rings. The summed E-state index contributed by atoms with van der Waals surface area (Å²) in [6, 6.07) is 4.34. The van der Waals surface area contributed by atoms with Gasteiger partial charge in [-0.15, -0.1) is 24.5 Å². The molecule has 0 amide bonds. The summed E-state index contributed by atoms with van der Waals surface area (Å²) in [5, 5.41) is 2.15. The van der Waals surface area contributed by atoms with Crippen molar-refractivity contribution in [2.45, 2.75) is 26.7 Å². The Hall–Kier alpha value is -0.560. The molecule has 0 unspecified atom stereocenters. The maximum Gasteiger partial charge on any atom is 0.00453 e. The van der Waals surface area contributed by atoms with Gasteiger partial charge in [0.25, 0.3) is 0 Å². The van der Waals surface area contributed by atoms with Crippen LogP contribution in [-0.4, -0.2) is 0 Å². The molecular weight excluding hydrogens is 164 g/mol. The van der Waals surface area contributed by atoms with Crippen LogP contribution in [-0.2, 0) is 6.42 Å². The van der Waals surface area contributed by atoms with Gasteiger partial charge in [-0.2, -0.15) is 0 Å². The lowest BCUT2D eigenvalue weighted by Crippen LogP contribution is -1.88. The van der Waals surface area contributed by atoms with Crippen LogP contribution in [0.3, 0.4) is 0 Å². The van der Waals surface area contributed by atoms with Crippen molar-refractivity contribution in [1.29, 1.82) is 0 Å². The molecule has 1 heterocycles. The molecule has 0 saturated carbocycles. The molecule has 0 saturated heterocycles. The molecule has 1 rings (SSSR count). The number of hydrogen-bond acceptors (Lipinski definition) is 1. The second kappa shape index (κ2) is 7.11. The predicted octanol–water partition coefficient (Wildman–Crippen LogP) is 4.14. The zero-order chi connectivity index (χ0) is 9.40. The fraction of sp³-hybridized carbons (Fsp3) is 0.455. The number of thiophene rings is 1. The zero-order valence-electron chi connectivity index (χ0n) is 8.05. The number of hydrogen-bond donors (Lipinski definition) is 0. The summed E-state index contributed by atoms with van der Waals surface area (Å²) in [5.41, 5.74) is 0. The minimum atomic E-state index is 0.835. The fourth-order valence-electron chi connectivity index (χ4n) is 0.886.